The van der Waals surface area contributed by atoms with Crippen molar-refractivity contribution >= 4 is 63.4 Å². The van der Waals surface area contributed by atoms with Crippen LogP contribution in [0.15, 0.2) is 73.1 Å². The molecule has 3 aliphatic rings. The Morgan fingerprint density at radius 2 is 1.62 bits per heavy atom. The number of benzene rings is 3. The van der Waals surface area contributed by atoms with E-state index in [0.717, 1.165) is 67.3 Å². The first-order valence-corrected chi connectivity index (χ1v) is 24.7. The molecule has 0 bridgehead atoms. The molecule has 0 spiro atoms. The van der Waals surface area contributed by atoms with Gasteiger partial charge in [-0.2, -0.15) is 0 Å². The van der Waals surface area contributed by atoms with E-state index in [-0.39, 0.29) is 54.5 Å². The molecule has 17 nitrogen and oxygen atoms in total. The number of morpholine rings is 1. The van der Waals surface area contributed by atoms with Gasteiger partial charge in [0.2, 0.25) is 5.91 Å². The zero-order valence-electron chi connectivity index (χ0n) is 40.8. The number of unbranched alkanes of at least 4 members (excludes halogenated alkanes) is 3. The lowest BCUT2D eigenvalue weighted by Gasteiger charge is -2.41. The van der Waals surface area contributed by atoms with E-state index in [9.17, 15) is 33.2 Å². The van der Waals surface area contributed by atoms with Crippen LogP contribution in [-0.4, -0.2) is 114 Å². The van der Waals surface area contributed by atoms with Crippen molar-refractivity contribution in [1.29, 1.82) is 0 Å². The van der Waals surface area contributed by atoms with Crippen LogP contribution >= 0.6 is 0 Å². The smallest absolute Gasteiger partial charge is 0.312 e. The Hall–Kier alpha value is -6.79. The molecule has 1 aliphatic carbocycles. The first-order valence-electron chi connectivity index (χ1n) is 24.7. The van der Waals surface area contributed by atoms with Gasteiger partial charge in [0.15, 0.2) is 11.5 Å². The molecule has 378 valence electrons. The maximum Gasteiger partial charge on any atom is 0.312 e. The van der Waals surface area contributed by atoms with Crippen molar-refractivity contribution in [3.05, 3.63) is 90.0 Å². The molecule has 18 heteroatoms. The summed E-state index contributed by atoms with van der Waals surface area (Å²) in [5.74, 6) is -0.635. The first-order chi connectivity index (χ1) is 34.3. The minimum absolute atomic E-state index is 0.0934. The molecule has 1 atom stereocenters. The van der Waals surface area contributed by atoms with Crippen molar-refractivity contribution < 1.29 is 51.9 Å². The molecule has 3 aromatic carbocycles. The fraction of sp³-hybridized carbons (Fsp3) is 0.472. The second-order valence-electron chi connectivity index (χ2n) is 18.9. The lowest BCUT2D eigenvalue weighted by Crippen LogP contribution is -2.55. The third-order valence-corrected chi connectivity index (χ3v) is 14.1. The third-order valence-electron chi connectivity index (χ3n) is 14.1. The van der Waals surface area contributed by atoms with Crippen LogP contribution in [0.1, 0.15) is 88.2 Å². The van der Waals surface area contributed by atoms with Crippen LogP contribution in [0.3, 0.4) is 0 Å². The van der Waals surface area contributed by atoms with E-state index in [0.29, 0.717) is 105 Å². The van der Waals surface area contributed by atoms with Crippen LogP contribution in [0.2, 0.25) is 0 Å². The minimum atomic E-state index is -1.09. The second kappa shape index (κ2) is 24.4. The van der Waals surface area contributed by atoms with Gasteiger partial charge in [-0.05, 0) is 87.4 Å². The Labute approximate surface area is 413 Å². The standard InChI is InChI=1S/C53H65FN8O9/c1-36-30-40(16-17-42(36)54)59-50-41-32-45(44(69-2)33-43(41)57-35-58-50)71-27-9-24-62(25-28-70-29-26-62)34-37-12-14-39(15-13-37)60-51(67)38(10-7-22-56-52(55)68)31-47(64)53(20-8-21-53)46(63)11-5-3-4-6-23-61-48(65)18-19-49(61)66/h12-19,30,32-33,35,38H,3-11,20-29,31,34H2,1-2H3,(H4-,55,56,57,58,59,60,67,68)/p+1/t38-/m1/s1. The molecule has 1 aromatic heterocycles. The highest BCUT2D eigenvalue weighted by Crippen LogP contribution is 2.45. The Morgan fingerprint density at radius 1 is 0.887 bits per heavy atom. The number of primary amides is 1. The Morgan fingerprint density at radius 3 is 2.31 bits per heavy atom. The summed E-state index contributed by atoms with van der Waals surface area (Å²) in [5, 5.41) is 9.57. The fourth-order valence-corrected chi connectivity index (χ4v) is 9.74. The highest BCUT2D eigenvalue weighted by atomic mass is 19.1. The lowest BCUT2D eigenvalue weighted by atomic mass is 9.61. The number of anilines is 3. The van der Waals surface area contributed by atoms with Crippen molar-refractivity contribution in [3.63, 3.8) is 0 Å². The number of ketones is 2. The fourth-order valence-electron chi connectivity index (χ4n) is 9.74. The number of nitrogens with one attached hydrogen (secondary N) is 3. The van der Waals surface area contributed by atoms with Crippen LogP contribution in [-0.2, 0) is 35.3 Å². The zero-order valence-corrected chi connectivity index (χ0v) is 40.8. The summed E-state index contributed by atoms with van der Waals surface area (Å²) in [6.45, 7) is 7.17. The van der Waals surface area contributed by atoms with Crippen LogP contribution in [0.4, 0.5) is 26.4 Å². The number of carbonyl (C=O) groups is 6. The predicted octanol–water partition coefficient (Wildman–Crippen LogP) is 7.22. The number of amides is 5. The number of nitrogens with zero attached hydrogens (tertiary/aromatic N) is 4. The van der Waals surface area contributed by atoms with E-state index in [1.807, 2.05) is 36.4 Å². The average Bonchev–Trinajstić information content (AvgIpc) is 3.66. The van der Waals surface area contributed by atoms with Gasteiger partial charge in [0.05, 0.1) is 44.4 Å². The molecule has 1 saturated heterocycles. The SMILES string of the molecule is COc1cc2ncnc(Nc3ccc(F)c(C)c3)c2cc1OCCC[N+]1(Cc2ccc(NC(=O)[C@H](CCCNC(N)=O)CC(=O)C3(C(=O)CCCCCCN4C(=O)C=CC4=O)CCC3)cc2)CCOCC1. The highest BCUT2D eigenvalue weighted by molar-refractivity contribution is 6.13. The molecule has 71 heavy (non-hydrogen) atoms. The Balaban J connectivity index is 0.931. The summed E-state index contributed by atoms with van der Waals surface area (Å²) < 4.78 is 32.6. The van der Waals surface area contributed by atoms with Gasteiger partial charge in [-0.3, -0.25) is 28.9 Å². The summed E-state index contributed by atoms with van der Waals surface area (Å²) in [4.78, 5) is 86.7. The maximum atomic E-state index is 14.0. The number of rotatable bonds is 27. The van der Waals surface area contributed by atoms with Crippen LogP contribution in [0.25, 0.3) is 10.9 Å². The number of aromatic nitrogens is 2. The molecule has 4 aromatic rings. The van der Waals surface area contributed by atoms with Crippen molar-refractivity contribution in [2.24, 2.45) is 17.1 Å². The molecule has 0 unspecified atom stereocenters. The van der Waals surface area contributed by atoms with Gasteiger partial charge in [-0.1, -0.05) is 31.4 Å². The van der Waals surface area contributed by atoms with Gasteiger partial charge in [-0.15, -0.1) is 0 Å². The number of ether oxygens (including phenoxy) is 3. The van der Waals surface area contributed by atoms with Crippen molar-refractivity contribution in [3.8, 4) is 11.5 Å². The number of nitrogens with two attached hydrogens (primary N) is 1. The summed E-state index contributed by atoms with van der Waals surface area (Å²) >= 11 is 0. The van der Waals surface area contributed by atoms with E-state index < -0.39 is 17.4 Å². The number of methoxy groups -OCH3 is 1. The number of quaternary nitrogens is 1. The number of urea groups is 1. The number of fused-ring (bicyclic) bond motifs is 1. The number of aryl methyl sites for hydroxylation is 1. The van der Waals surface area contributed by atoms with Crippen molar-refractivity contribution in [2.75, 3.05) is 70.3 Å². The molecule has 0 radical (unpaired) electrons. The zero-order chi connectivity index (χ0) is 50.4. The molecule has 2 aliphatic heterocycles. The number of hydrogen-bond donors (Lipinski definition) is 4. The van der Waals surface area contributed by atoms with Gasteiger partial charge >= 0.3 is 6.03 Å². The molecule has 7 rings (SSSR count). The van der Waals surface area contributed by atoms with E-state index in [2.05, 4.69) is 25.9 Å². The molecular formula is C53H66FN8O9+. The molecule has 5 N–H and O–H groups in total. The second-order valence-corrected chi connectivity index (χ2v) is 18.9. The highest BCUT2D eigenvalue weighted by Gasteiger charge is 2.49. The Kier molecular flexibility index (Phi) is 17.9. The Bertz CT molecular complexity index is 2580. The van der Waals surface area contributed by atoms with Crippen LogP contribution in [0, 0.1) is 24.1 Å². The van der Waals surface area contributed by atoms with Crippen molar-refractivity contribution in [2.45, 2.75) is 90.5 Å². The van der Waals surface area contributed by atoms with Gasteiger partial charge in [0.25, 0.3) is 11.8 Å². The summed E-state index contributed by atoms with van der Waals surface area (Å²) in [6.07, 6.45) is 9.98. The summed E-state index contributed by atoms with van der Waals surface area (Å²) in [7, 11) is 1.59. The number of imide groups is 1. The molecule has 2 fully saturated rings. The van der Waals surface area contributed by atoms with E-state index in [4.69, 9.17) is 19.9 Å². The monoisotopic (exact) mass is 977 g/mol. The number of carbonyl (C=O) groups excluding carboxylic acids is 6. The maximum absolute atomic E-state index is 14.0. The minimum Gasteiger partial charge on any atom is -0.493 e. The summed E-state index contributed by atoms with van der Waals surface area (Å²) in [5.41, 5.74) is 7.72. The quantitative estimate of drug-likeness (QED) is 0.0201. The van der Waals surface area contributed by atoms with Gasteiger partial charge in [0.1, 0.15) is 49.2 Å². The van der Waals surface area contributed by atoms with E-state index in [1.54, 1.807) is 26.2 Å². The topological polar surface area (TPSA) is 221 Å². The first kappa shape index (κ1) is 52.0. The number of hydrogen-bond acceptors (Lipinski definition) is 12. The van der Waals surface area contributed by atoms with Gasteiger partial charge in [-0.25, -0.2) is 19.2 Å². The molecular weight excluding hydrogens is 912 g/mol. The van der Waals surface area contributed by atoms with Gasteiger partial charge < -0.3 is 40.4 Å². The number of Topliss-reactive ketones (excluding diaryl/α,β-unsaturated/α-hetero) is 2. The lowest BCUT2D eigenvalue weighted by molar-refractivity contribution is -0.947. The van der Waals surface area contributed by atoms with Gasteiger partial charge in [0, 0.05) is 78.8 Å². The molecule has 3 heterocycles. The molecule has 5 amide bonds. The normalized spacial score (nSPS) is 16.3. The largest absolute Gasteiger partial charge is 0.493 e. The van der Waals surface area contributed by atoms with E-state index >= 15 is 0 Å². The van der Waals surface area contributed by atoms with E-state index in [1.165, 1.54) is 29.4 Å². The third kappa shape index (κ3) is 13.5. The number of halogens is 1. The summed E-state index contributed by atoms with van der Waals surface area (Å²) in [6, 6.07) is 15.5. The van der Waals surface area contributed by atoms with Crippen molar-refractivity contribution in [1.82, 2.24) is 20.2 Å². The molecule has 1 saturated carbocycles. The van der Waals surface area contributed by atoms with Crippen LogP contribution < -0.4 is 31.2 Å². The van der Waals surface area contributed by atoms with Crippen LogP contribution in [0.5, 0.6) is 11.5 Å². The average molecular weight is 978 g/mol. The predicted molar refractivity (Wildman–Crippen MR) is 265 cm³/mol.